The molecule has 0 aromatic carbocycles. The predicted octanol–water partition coefficient (Wildman–Crippen LogP) is 1.33. The first-order valence-corrected chi connectivity index (χ1v) is 6.75. The molecule has 2 heterocycles. The molecule has 4 heteroatoms. The van der Waals surface area contributed by atoms with Gasteiger partial charge in [0.1, 0.15) is 0 Å². The van der Waals surface area contributed by atoms with Crippen LogP contribution in [0.4, 0.5) is 5.69 Å². The molecule has 1 saturated heterocycles. The summed E-state index contributed by atoms with van der Waals surface area (Å²) in [5.41, 5.74) is 2.62. The normalized spacial score (nSPS) is 21.9. The quantitative estimate of drug-likeness (QED) is 0.874. The van der Waals surface area contributed by atoms with Gasteiger partial charge < -0.3 is 15.1 Å². The largest absolute Gasteiger partial charge is 0.367 e. The van der Waals surface area contributed by atoms with E-state index in [2.05, 4.69) is 40.1 Å². The van der Waals surface area contributed by atoms with E-state index in [0.29, 0.717) is 6.04 Å². The average Bonchev–Trinajstić information content (AvgIpc) is 2.51. The number of nitrogens with zero attached hydrogens (tertiary/aromatic N) is 3. The molecule has 1 unspecified atom stereocenters. The van der Waals surface area contributed by atoms with Crippen molar-refractivity contribution in [3.05, 3.63) is 24.0 Å². The average molecular weight is 248 g/mol. The number of likely N-dealkylation sites (N-methyl/N-ethyl adjacent to an activating group) is 1. The lowest BCUT2D eigenvalue weighted by Gasteiger charge is -2.31. The van der Waals surface area contributed by atoms with E-state index < -0.39 is 0 Å². The molecule has 1 atom stereocenters. The zero-order valence-corrected chi connectivity index (χ0v) is 11.7. The van der Waals surface area contributed by atoms with E-state index in [0.717, 1.165) is 19.6 Å². The zero-order chi connectivity index (χ0) is 13.0. The first-order valence-electron chi connectivity index (χ1n) is 6.75. The summed E-state index contributed by atoms with van der Waals surface area (Å²) in [4.78, 5) is 9.19. The Hall–Kier alpha value is -1.13. The molecule has 0 amide bonds. The van der Waals surface area contributed by atoms with Crippen LogP contribution in [-0.2, 0) is 6.54 Å². The van der Waals surface area contributed by atoms with Crippen LogP contribution in [-0.4, -0.2) is 49.7 Å². The van der Waals surface area contributed by atoms with Crippen LogP contribution in [0.15, 0.2) is 18.5 Å². The molecule has 4 nitrogen and oxygen atoms in total. The van der Waals surface area contributed by atoms with Gasteiger partial charge in [-0.2, -0.15) is 0 Å². The highest BCUT2D eigenvalue weighted by molar-refractivity contribution is 5.53. The van der Waals surface area contributed by atoms with Gasteiger partial charge in [-0.3, -0.25) is 4.98 Å². The maximum absolute atomic E-state index is 4.25. The first-order chi connectivity index (χ1) is 8.72. The highest BCUT2D eigenvalue weighted by Gasteiger charge is 2.21. The maximum atomic E-state index is 4.25. The Balaban J connectivity index is 2.23. The monoisotopic (exact) mass is 248 g/mol. The van der Waals surface area contributed by atoms with E-state index in [9.17, 15) is 0 Å². The van der Waals surface area contributed by atoms with Crippen molar-refractivity contribution in [2.75, 3.05) is 38.6 Å². The summed E-state index contributed by atoms with van der Waals surface area (Å²) in [6, 6.07) is 2.70. The number of hydrogen-bond acceptors (Lipinski definition) is 4. The van der Waals surface area contributed by atoms with Crippen LogP contribution in [0, 0.1) is 0 Å². The zero-order valence-electron chi connectivity index (χ0n) is 11.7. The molecule has 0 bridgehead atoms. The van der Waals surface area contributed by atoms with Gasteiger partial charge in [-0.1, -0.05) is 0 Å². The third-order valence-electron chi connectivity index (χ3n) is 3.60. The molecule has 0 radical (unpaired) electrons. The van der Waals surface area contributed by atoms with E-state index in [4.69, 9.17) is 0 Å². The molecule has 2 rings (SSSR count). The minimum absolute atomic E-state index is 0.551. The van der Waals surface area contributed by atoms with Crippen LogP contribution in [0.3, 0.4) is 0 Å². The standard InChI is InChI=1S/C14H24N4/c1-12-11-17(3)7-4-8-18(12)14-5-6-16-10-13(14)9-15-2/h5-6,10,12,15H,4,7-9,11H2,1-3H3. The fraction of sp³-hybridized carbons (Fsp3) is 0.643. The van der Waals surface area contributed by atoms with Crippen LogP contribution in [0.2, 0.25) is 0 Å². The fourth-order valence-electron chi connectivity index (χ4n) is 2.76. The van der Waals surface area contributed by atoms with E-state index in [1.165, 1.54) is 24.2 Å². The molecule has 1 aliphatic rings. The van der Waals surface area contributed by atoms with Crippen LogP contribution in [0.25, 0.3) is 0 Å². The highest BCUT2D eigenvalue weighted by Crippen LogP contribution is 2.23. The summed E-state index contributed by atoms with van der Waals surface area (Å²) in [7, 11) is 4.19. The summed E-state index contributed by atoms with van der Waals surface area (Å²) in [5, 5.41) is 3.23. The minimum Gasteiger partial charge on any atom is -0.367 e. The van der Waals surface area contributed by atoms with Crippen molar-refractivity contribution in [2.45, 2.75) is 25.9 Å². The predicted molar refractivity (Wildman–Crippen MR) is 75.9 cm³/mol. The second kappa shape index (κ2) is 6.16. The Kier molecular flexibility index (Phi) is 4.55. The summed E-state index contributed by atoms with van der Waals surface area (Å²) in [5.74, 6) is 0. The number of nitrogens with one attached hydrogen (secondary N) is 1. The lowest BCUT2D eigenvalue weighted by atomic mass is 10.1. The molecule has 1 aromatic rings. The molecule has 0 aliphatic carbocycles. The molecule has 0 saturated carbocycles. The molecule has 1 aromatic heterocycles. The van der Waals surface area contributed by atoms with Gasteiger partial charge in [-0.25, -0.2) is 0 Å². The van der Waals surface area contributed by atoms with Gasteiger partial charge in [0.15, 0.2) is 0 Å². The van der Waals surface area contributed by atoms with Crippen molar-refractivity contribution in [3.8, 4) is 0 Å². The molecular formula is C14H24N4. The van der Waals surface area contributed by atoms with Crippen molar-refractivity contribution in [2.24, 2.45) is 0 Å². The van der Waals surface area contributed by atoms with Crippen LogP contribution in [0.1, 0.15) is 18.9 Å². The fourth-order valence-corrected chi connectivity index (χ4v) is 2.76. The smallest absolute Gasteiger partial charge is 0.0445 e. The maximum Gasteiger partial charge on any atom is 0.0445 e. The molecule has 100 valence electrons. The van der Waals surface area contributed by atoms with E-state index in [1.54, 1.807) is 0 Å². The van der Waals surface area contributed by atoms with Crippen molar-refractivity contribution < 1.29 is 0 Å². The van der Waals surface area contributed by atoms with E-state index >= 15 is 0 Å². The van der Waals surface area contributed by atoms with Crippen molar-refractivity contribution >= 4 is 5.69 Å². The lowest BCUT2D eigenvalue weighted by Crippen LogP contribution is -2.38. The van der Waals surface area contributed by atoms with Crippen molar-refractivity contribution in [1.82, 2.24) is 15.2 Å². The molecule has 1 aliphatic heterocycles. The van der Waals surface area contributed by atoms with Gasteiger partial charge in [-0.15, -0.1) is 0 Å². The summed E-state index contributed by atoms with van der Waals surface area (Å²) >= 11 is 0. The molecule has 18 heavy (non-hydrogen) atoms. The highest BCUT2D eigenvalue weighted by atomic mass is 15.2. The number of pyridine rings is 1. The lowest BCUT2D eigenvalue weighted by molar-refractivity contribution is 0.337. The van der Waals surface area contributed by atoms with E-state index in [1.807, 2.05) is 19.4 Å². The van der Waals surface area contributed by atoms with Gasteiger partial charge in [-0.05, 0) is 40.1 Å². The van der Waals surface area contributed by atoms with Gasteiger partial charge in [0.2, 0.25) is 0 Å². The third-order valence-corrected chi connectivity index (χ3v) is 3.60. The van der Waals surface area contributed by atoms with Gasteiger partial charge in [0, 0.05) is 49.3 Å². The number of aromatic nitrogens is 1. The third kappa shape index (κ3) is 3.00. The van der Waals surface area contributed by atoms with Gasteiger partial charge in [0.25, 0.3) is 0 Å². The Morgan fingerprint density at radius 3 is 3.06 bits per heavy atom. The van der Waals surface area contributed by atoms with Crippen LogP contribution < -0.4 is 10.2 Å². The topological polar surface area (TPSA) is 31.4 Å². The van der Waals surface area contributed by atoms with Crippen molar-refractivity contribution in [3.63, 3.8) is 0 Å². The second-order valence-electron chi connectivity index (χ2n) is 5.19. The van der Waals surface area contributed by atoms with Crippen LogP contribution >= 0.6 is 0 Å². The number of anilines is 1. The Morgan fingerprint density at radius 2 is 2.28 bits per heavy atom. The van der Waals surface area contributed by atoms with Crippen molar-refractivity contribution in [1.29, 1.82) is 0 Å². The summed E-state index contributed by atoms with van der Waals surface area (Å²) < 4.78 is 0. The first kappa shape index (κ1) is 13.3. The Labute approximate surface area is 110 Å². The molecular weight excluding hydrogens is 224 g/mol. The molecule has 1 fully saturated rings. The Bertz CT molecular complexity index is 380. The van der Waals surface area contributed by atoms with Gasteiger partial charge in [0.05, 0.1) is 0 Å². The molecule has 0 spiro atoms. The number of hydrogen-bond donors (Lipinski definition) is 1. The SMILES string of the molecule is CNCc1cnccc1N1CCCN(C)CC1C. The van der Waals surface area contributed by atoms with E-state index in [-0.39, 0.29) is 0 Å². The minimum atomic E-state index is 0.551. The number of rotatable bonds is 3. The molecule has 1 N–H and O–H groups in total. The van der Waals surface area contributed by atoms with Crippen LogP contribution in [0.5, 0.6) is 0 Å². The van der Waals surface area contributed by atoms with Gasteiger partial charge >= 0.3 is 0 Å². The Morgan fingerprint density at radius 1 is 1.44 bits per heavy atom. The summed E-state index contributed by atoms with van der Waals surface area (Å²) in [6.45, 7) is 6.63. The second-order valence-corrected chi connectivity index (χ2v) is 5.19. The summed E-state index contributed by atoms with van der Waals surface area (Å²) in [6.07, 6.45) is 5.10.